The van der Waals surface area contributed by atoms with Crippen molar-refractivity contribution in [1.82, 2.24) is 15.3 Å². The molecule has 12 heteroatoms. The number of rotatable bonds is 11. The second kappa shape index (κ2) is 14.9. The van der Waals surface area contributed by atoms with Crippen molar-refractivity contribution in [2.24, 2.45) is 4.99 Å². The Morgan fingerprint density at radius 2 is 1.36 bits per heavy atom. The van der Waals surface area contributed by atoms with E-state index in [4.69, 9.17) is 0 Å². The summed E-state index contributed by atoms with van der Waals surface area (Å²) in [6, 6.07) is 0. The first-order chi connectivity index (χ1) is 20.4. The SMILES string of the molecule is C=CC1=C(C)C(C=c2[nH]/c(=C\c3[nH]c(/C=C4\NC(=O)C(C)=C4C=C)c(C)c3CCC(=O)O)c(CCC(=O)O)c2C)=NC1=O.Cl.Cl. The average molecular weight is 656 g/mol. The molecule has 2 aromatic rings. The summed E-state index contributed by atoms with van der Waals surface area (Å²) in [5.74, 6) is -2.46. The van der Waals surface area contributed by atoms with Crippen LogP contribution in [0.5, 0.6) is 0 Å². The Labute approximate surface area is 272 Å². The Bertz CT molecular complexity index is 1870. The molecule has 2 aliphatic heterocycles. The van der Waals surface area contributed by atoms with Crippen LogP contribution in [0.25, 0.3) is 18.2 Å². The van der Waals surface area contributed by atoms with Crippen LogP contribution in [0, 0.1) is 13.8 Å². The van der Waals surface area contributed by atoms with Crippen LogP contribution < -0.4 is 16.0 Å². The predicted molar refractivity (Wildman–Crippen MR) is 179 cm³/mol. The van der Waals surface area contributed by atoms with Gasteiger partial charge in [-0.2, -0.15) is 0 Å². The molecule has 0 spiro atoms. The summed E-state index contributed by atoms with van der Waals surface area (Å²) in [7, 11) is 0. The smallest absolute Gasteiger partial charge is 0.303 e. The van der Waals surface area contributed by atoms with Gasteiger partial charge in [-0.3, -0.25) is 19.2 Å². The maximum absolute atomic E-state index is 12.3. The van der Waals surface area contributed by atoms with E-state index < -0.39 is 11.9 Å². The molecule has 4 rings (SSSR count). The Morgan fingerprint density at radius 1 is 0.756 bits per heavy atom. The molecule has 10 nitrogen and oxygen atoms in total. The van der Waals surface area contributed by atoms with Crippen molar-refractivity contribution in [3.05, 3.63) is 97.6 Å². The van der Waals surface area contributed by atoms with Gasteiger partial charge in [0, 0.05) is 51.6 Å². The summed E-state index contributed by atoms with van der Waals surface area (Å²) in [6.07, 6.45) is 8.80. The van der Waals surface area contributed by atoms with Crippen molar-refractivity contribution in [2.45, 2.75) is 53.4 Å². The minimum Gasteiger partial charge on any atom is -0.481 e. The number of aromatic amines is 2. The van der Waals surface area contributed by atoms with Crippen LogP contribution in [-0.2, 0) is 32.0 Å². The van der Waals surface area contributed by atoms with E-state index in [0.29, 0.717) is 55.8 Å². The molecular weight excluding hydrogens is 619 g/mol. The highest BCUT2D eigenvalue weighted by Gasteiger charge is 2.23. The molecule has 2 amide bonds. The lowest BCUT2D eigenvalue weighted by Crippen LogP contribution is -2.15. The van der Waals surface area contributed by atoms with E-state index in [1.54, 1.807) is 32.1 Å². The third-order valence-corrected chi connectivity index (χ3v) is 7.87. The molecule has 0 saturated carbocycles. The highest BCUT2D eigenvalue weighted by Crippen LogP contribution is 2.27. The number of nitrogens with zero attached hydrogens (tertiary/aromatic N) is 1. The summed E-state index contributed by atoms with van der Waals surface area (Å²) in [5.41, 5.74) is 7.97. The molecule has 0 aromatic carbocycles. The third-order valence-electron chi connectivity index (χ3n) is 7.87. The molecule has 0 radical (unpaired) electrons. The highest BCUT2D eigenvalue weighted by molar-refractivity contribution is 6.31. The van der Waals surface area contributed by atoms with Crippen LogP contribution in [-0.4, -0.2) is 49.6 Å². The maximum Gasteiger partial charge on any atom is 0.303 e. The molecule has 0 unspecified atom stereocenters. The lowest BCUT2D eigenvalue weighted by molar-refractivity contribution is -0.138. The van der Waals surface area contributed by atoms with Gasteiger partial charge < -0.3 is 25.5 Å². The van der Waals surface area contributed by atoms with Gasteiger partial charge in [0.2, 0.25) is 0 Å². The second-order valence-corrected chi connectivity index (χ2v) is 10.5. The summed E-state index contributed by atoms with van der Waals surface area (Å²) >= 11 is 0. The fraction of sp³-hybridized carbons (Fsp3) is 0.242. The molecule has 4 heterocycles. The van der Waals surface area contributed by atoms with E-state index in [-0.39, 0.29) is 62.3 Å². The normalized spacial score (nSPS) is 16.2. The fourth-order valence-corrected chi connectivity index (χ4v) is 5.34. The molecular formula is C33H36Cl2N4O6. The highest BCUT2D eigenvalue weighted by atomic mass is 35.5. The number of amides is 2. The zero-order valence-corrected chi connectivity index (χ0v) is 27.1. The topological polar surface area (TPSA) is 165 Å². The van der Waals surface area contributed by atoms with Gasteiger partial charge in [0.1, 0.15) is 0 Å². The zero-order valence-electron chi connectivity index (χ0n) is 25.4. The summed E-state index contributed by atoms with van der Waals surface area (Å²) < 4.78 is 0. The van der Waals surface area contributed by atoms with E-state index in [9.17, 15) is 29.4 Å². The van der Waals surface area contributed by atoms with Crippen LogP contribution in [0.1, 0.15) is 60.3 Å². The van der Waals surface area contributed by atoms with E-state index >= 15 is 0 Å². The third kappa shape index (κ3) is 7.53. The summed E-state index contributed by atoms with van der Waals surface area (Å²) in [4.78, 5) is 58.4. The Kier molecular flexibility index (Phi) is 12.1. The van der Waals surface area contributed by atoms with E-state index in [1.165, 1.54) is 6.08 Å². The van der Waals surface area contributed by atoms with E-state index in [0.717, 1.165) is 22.3 Å². The number of aliphatic imine (C=N–C) groups is 1. The molecule has 238 valence electrons. The van der Waals surface area contributed by atoms with Crippen molar-refractivity contribution in [2.75, 3.05) is 0 Å². The zero-order chi connectivity index (χ0) is 31.6. The number of carboxylic acid groups (broad SMARTS) is 2. The minimum atomic E-state index is -0.941. The van der Waals surface area contributed by atoms with Crippen LogP contribution in [0.15, 0.2) is 58.3 Å². The van der Waals surface area contributed by atoms with Crippen molar-refractivity contribution in [3.63, 3.8) is 0 Å². The van der Waals surface area contributed by atoms with Gasteiger partial charge in [0.25, 0.3) is 11.8 Å². The largest absolute Gasteiger partial charge is 0.481 e. The fourth-order valence-electron chi connectivity index (χ4n) is 5.34. The van der Waals surface area contributed by atoms with E-state index in [2.05, 4.69) is 33.4 Å². The number of carbonyl (C=O) groups is 4. The quantitative estimate of drug-likeness (QED) is 0.247. The lowest BCUT2D eigenvalue weighted by Gasteiger charge is -2.02. The molecule has 0 bridgehead atoms. The Hall–Kier alpha value is -4.67. The average Bonchev–Trinajstić information content (AvgIpc) is 3.59. The maximum atomic E-state index is 12.3. The van der Waals surface area contributed by atoms with Crippen LogP contribution in [0.4, 0.5) is 0 Å². The van der Waals surface area contributed by atoms with Crippen LogP contribution >= 0.6 is 24.8 Å². The number of H-pyrrole nitrogens is 2. The van der Waals surface area contributed by atoms with Crippen molar-refractivity contribution in [1.29, 1.82) is 0 Å². The predicted octanol–water partition coefficient (Wildman–Crippen LogP) is 3.90. The monoisotopic (exact) mass is 654 g/mol. The molecule has 2 aromatic heterocycles. The minimum absolute atomic E-state index is 0. The standard InChI is InChI=1S/C33H34N4O6.2ClH/c1-7-20-19(6)32(42)37-27(20)14-25-18(5)23(10-12-31(40)41)29(35-25)15-28-22(9-11-30(38)39)17(4)24(34-28)13-26-16(3)21(8-2)33(43)36-26;;/h7-8,13-15,34-35H,1-2,9-12H2,3-6H3,(H,37,42)(H,38,39)(H,40,41);2*1H/b24-13?,27-14-,28-15-;;. The molecule has 0 saturated heterocycles. The molecule has 45 heavy (non-hydrogen) atoms. The van der Waals surface area contributed by atoms with Crippen LogP contribution in [0.2, 0.25) is 0 Å². The molecule has 0 fully saturated rings. The first-order valence-corrected chi connectivity index (χ1v) is 13.8. The number of halogens is 2. The molecule has 0 aliphatic carbocycles. The van der Waals surface area contributed by atoms with Gasteiger partial charge in [-0.1, -0.05) is 25.3 Å². The number of carboxylic acids is 2. The van der Waals surface area contributed by atoms with Crippen molar-refractivity contribution < 1.29 is 29.4 Å². The van der Waals surface area contributed by atoms with Gasteiger partial charge >= 0.3 is 11.9 Å². The molecule has 0 atom stereocenters. The van der Waals surface area contributed by atoms with Crippen molar-refractivity contribution >= 4 is 72.5 Å². The van der Waals surface area contributed by atoms with E-state index in [1.807, 2.05) is 19.9 Å². The summed E-state index contributed by atoms with van der Waals surface area (Å²) in [5, 5.41) is 23.0. The Balaban J connectivity index is 0.00000353. The number of aromatic nitrogens is 2. The molecule has 5 N–H and O–H groups in total. The van der Waals surface area contributed by atoms with Crippen LogP contribution in [0.3, 0.4) is 0 Å². The number of hydrogen-bond donors (Lipinski definition) is 5. The lowest BCUT2D eigenvalue weighted by atomic mass is 10.0. The molecule has 2 aliphatic rings. The van der Waals surface area contributed by atoms with Gasteiger partial charge in [-0.25, -0.2) is 4.99 Å². The van der Waals surface area contributed by atoms with Gasteiger partial charge in [0.05, 0.1) is 11.4 Å². The van der Waals surface area contributed by atoms with Gasteiger partial charge in [-0.05, 0) is 86.6 Å². The number of hydrogen-bond acceptors (Lipinski definition) is 4. The first-order valence-electron chi connectivity index (χ1n) is 13.8. The number of carbonyl (C=O) groups excluding carboxylic acids is 2. The van der Waals surface area contributed by atoms with Gasteiger partial charge in [-0.15, -0.1) is 24.8 Å². The van der Waals surface area contributed by atoms with Crippen molar-refractivity contribution in [3.8, 4) is 0 Å². The van der Waals surface area contributed by atoms with Gasteiger partial charge in [0.15, 0.2) is 0 Å². The Morgan fingerprint density at radius 3 is 1.91 bits per heavy atom. The second-order valence-electron chi connectivity index (χ2n) is 10.5. The number of nitrogens with one attached hydrogen (secondary N) is 3. The number of aliphatic carboxylic acids is 2. The first kappa shape index (κ1) is 36.5. The number of allylic oxidation sites excluding steroid dienone is 2. The summed E-state index contributed by atoms with van der Waals surface area (Å²) in [6.45, 7) is 14.8.